The first kappa shape index (κ1) is 18.8. The predicted molar refractivity (Wildman–Crippen MR) is 99.1 cm³/mol. The lowest BCUT2D eigenvalue weighted by Gasteiger charge is -2.03. The number of benzene rings is 1. The molecule has 0 saturated heterocycles. The number of carbonyl (C=O) groups is 1. The highest BCUT2D eigenvalue weighted by molar-refractivity contribution is 6.36. The Hall–Kier alpha value is -2.98. The van der Waals surface area contributed by atoms with E-state index in [-0.39, 0.29) is 17.3 Å². The topological polar surface area (TPSA) is 137 Å². The van der Waals surface area contributed by atoms with Crippen LogP contribution in [0.4, 0.5) is 5.82 Å². The lowest BCUT2D eigenvalue weighted by molar-refractivity contribution is 0.0949. The standard InChI is InChI=1S/C15H14Cl2N8O2/c1-2-3-11-12(20-24-25(11)14-13(18)22-27-23-14)15(26)21-19-7-8-4-5-9(16)6-10(8)17/h4-7H,2-3H2,1H3,(H2,18,22)(H,21,26)/b19-7-. The Bertz CT molecular complexity index is 998. The molecule has 2 aromatic heterocycles. The average molecular weight is 409 g/mol. The van der Waals surface area contributed by atoms with Crippen molar-refractivity contribution < 1.29 is 9.42 Å². The highest BCUT2D eigenvalue weighted by Crippen LogP contribution is 2.19. The Labute approximate surface area is 163 Å². The first-order valence-electron chi connectivity index (χ1n) is 7.82. The van der Waals surface area contributed by atoms with Crippen LogP contribution in [0, 0.1) is 0 Å². The number of nitrogens with two attached hydrogens (primary N) is 1. The summed E-state index contributed by atoms with van der Waals surface area (Å²) in [7, 11) is 0. The van der Waals surface area contributed by atoms with E-state index in [0.29, 0.717) is 27.7 Å². The summed E-state index contributed by atoms with van der Waals surface area (Å²) in [5.74, 6) is -0.331. The zero-order chi connectivity index (χ0) is 19.4. The number of anilines is 1. The van der Waals surface area contributed by atoms with E-state index in [1.165, 1.54) is 10.9 Å². The fourth-order valence-corrected chi connectivity index (χ4v) is 2.72. The molecule has 0 aliphatic carbocycles. The van der Waals surface area contributed by atoms with Crippen LogP contribution < -0.4 is 11.2 Å². The van der Waals surface area contributed by atoms with Crippen LogP contribution in [0.25, 0.3) is 5.82 Å². The third kappa shape index (κ3) is 4.07. The van der Waals surface area contributed by atoms with Gasteiger partial charge < -0.3 is 5.73 Å². The second kappa shape index (κ2) is 8.14. The molecule has 1 aromatic carbocycles. The quantitative estimate of drug-likeness (QED) is 0.471. The molecule has 3 rings (SSSR count). The van der Waals surface area contributed by atoms with Gasteiger partial charge in [-0.2, -0.15) is 9.78 Å². The van der Waals surface area contributed by atoms with Crippen LogP contribution in [-0.4, -0.2) is 37.4 Å². The van der Waals surface area contributed by atoms with E-state index < -0.39 is 5.91 Å². The lowest BCUT2D eigenvalue weighted by Crippen LogP contribution is -2.20. The molecule has 3 N–H and O–H groups in total. The van der Waals surface area contributed by atoms with Crippen molar-refractivity contribution in [3.63, 3.8) is 0 Å². The number of carbonyl (C=O) groups excluding carboxylic acids is 1. The Balaban J connectivity index is 1.81. The van der Waals surface area contributed by atoms with Crippen molar-refractivity contribution in [1.82, 2.24) is 30.7 Å². The second-order valence-corrected chi connectivity index (χ2v) is 6.23. The zero-order valence-corrected chi connectivity index (χ0v) is 15.6. The first-order valence-corrected chi connectivity index (χ1v) is 8.58. The highest BCUT2D eigenvalue weighted by atomic mass is 35.5. The van der Waals surface area contributed by atoms with Gasteiger partial charge >= 0.3 is 0 Å². The minimum absolute atomic E-state index is 0.0413. The van der Waals surface area contributed by atoms with Gasteiger partial charge in [-0.15, -0.1) is 5.10 Å². The fourth-order valence-electron chi connectivity index (χ4n) is 2.27. The smallest absolute Gasteiger partial charge is 0.293 e. The van der Waals surface area contributed by atoms with E-state index in [1.807, 2.05) is 6.92 Å². The molecule has 12 heteroatoms. The van der Waals surface area contributed by atoms with Crippen LogP contribution in [0.3, 0.4) is 0 Å². The van der Waals surface area contributed by atoms with E-state index >= 15 is 0 Å². The molecule has 0 aliphatic heterocycles. The van der Waals surface area contributed by atoms with Crippen LogP contribution in [0.15, 0.2) is 27.9 Å². The van der Waals surface area contributed by atoms with Gasteiger partial charge in [0.25, 0.3) is 5.91 Å². The zero-order valence-electron chi connectivity index (χ0n) is 14.1. The normalized spacial score (nSPS) is 11.2. The Morgan fingerprint density at radius 2 is 2.22 bits per heavy atom. The summed E-state index contributed by atoms with van der Waals surface area (Å²) in [6.45, 7) is 1.95. The molecule has 10 nitrogen and oxygen atoms in total. The van der Waals surface area contributed by atoms with Gasteiger partial charge in [-0.25, -0.2) is 10.1 Å². The molecular weight excluding hydrogens is 395 g/mol. The number of nitrogens with zero attached hydrogens (tertiary/aromatic N) is 6. The molecule has 0 spiro atoms. The Kier molecular flexibility index (Phi) is 5.67. The number of aromatic nitrogens is 5. The lowest BCUT2D eigenvalue weighted by atomic mass is 10.2. The van der Waals surface area contributed by atoms with Crippen molar-refractivity contribution in [2.24, 2.45) is 5.10 Å². The number of nitrogens with one attached hydrogen (secondary N) is 1. The number of nitrogen functional groups attached to an aromatic ring is 1. The molecule has 0 radical (unpaired) electrons. The van der Waals surface area contributed by atoms with E-state index in [9.17, 15) is 4.79 Å². The summed E-state index contributed by atoms with van der Waals surface area (Å²) < 4.78 is 5.90. The van der Waals surface area contributed by atoms with Gasteiger partial charge in [0.1, 0.15) is 0 Å². The number of hydrazone groups is 1. The van der Waals surface area contributed by atoms with Crippen LogP contribution in [0.2, 0.25) is 10.0 Å². The molecule has 140 valence electrons. The Morgan fingerprint density at radius 3 is 2.89 bits per heavy atom. The van der Waals surface area contributed by atoms with Gasteiger partial charge in [0.15, 0.2) is 5.69 Å². The molecule has 0 unspecified atom stereocenters. The second-order valence-electron chi connectivity index (χ2n) is 5.38. The van der Waals surface area contributed by atoms with Crippen LogP contribution in [-0.2, 0) is 6.42 Å². The largest absolute Gasteiger partial charge is 0.378 e. The third-order valence-electron chi connectivity index (χ3n) is 3.49. The number of halogens is 2. The SMILES string of the molecule is CCCc1c(C(=O)N/N=C\c2ccc(Cl)cc2Cl)nnn1-c1nonc1N. The van der Waals surface area contributed by atoms with Crippen LogP contribution in [0.5, 0.6) is 0 Å². The van der Waals surface area contributed by atoms with E-state index in [2.05, 4.69) is 35.8 Å². The Morgan fingerprint density at radius 1 is 1.41 bits per heavy atom. The molecule has 3 aromatic rings. The van der Waals surface area contributed by atoms with Crippen LogP contribution in [0.1, 0.15) is 35.1 Å². The summed E-state index contributed by atoms with van der Waals surface area (Å²) in [5.41, 5.74) is 9.29. The summed E-state index contributed by atoms with van der Waals surface area (Å²) in [6, 6.07) is 4.92. The molecule has 27 heavy (non-hydrogen) atoms. The minimum atomic E-state index is -0.541. The van der Waals surface area contributed by atoms with Crippen molar-refractivity contribution >= 4 is 41.1 Å². The monoisotopic (exact) mass is 408 g/mol. The van der Waals surface area contributed by atoms with Crippen molar-refractivity contribution in [3.8, 4) is 5.82 Å². The van der Waals surface area contributed by atoms with Gasteiger partial charge in [0, 0.05) is 10.6 Å². The van der Waals surface area contributed by atoms with Crippen molar-refractivity contribution in [1.29, 1.82) is 0 Å². The summed E-state index contributed by atoms with van der Waals surface area (Å²) >= 11 is 11.9. The molecule has 0 fully saturated rings. The molecular formula is C15H14Cl2N8O2. The van der Waals surface area contributed by atoms with Crippen LogP contribution >= 0.6 is 23.2 Å². The van der Waals surface area contributed by atoms with E-state index in [1.54, 1.807) is 18.2 Å². The van der Waals surface area contributed by atoms with Gasteiger partial charge in [-0.05, 0) is 28.9 Å². The maximum atomic E-state index is 12.5. The van der Waals surface area contributed by atoms with Crippen molar-refractivity contribution in [2.75, 3.05) is 5.73 Å². The number of hydrogen-bond acceptors (Lipinski definition) is 8. The molecule has 0 saturated carbocycles. The number of hydrogen-bond donors (Lipinski definition) is 2. The van der Waals surface area contributed by atoms with Crippen molar-refractivity contribution in [3.05, 3.63) is 45.2 Å². The molecule has 1 amide bonds. The first-order chi connectivity index (χ1) is 13.0. The van der Waals surface area contributed by atoms with Crippen molar-refractivity contribution in [2.45, 2.75) is 19.8 Å². The van der Waals surface area contributed by atoms with Gasteiger partial charge in [0.2, 0.25) is 11.6 Å². The number of rotatable bonds is 6. The third-order valence-corrected chi connectivity index (χ3v) is 4.06. The molecule has 0 atom stereocenters. The average Bonchev–Trinajstić information content (AvgIpc) is 3.23. The van der Waals surface area contributed by atoms with Gasteiger partial charge in [0.05, 0.1) is 16.9 Å². The van der Waals surface area contributed by atoms with Gasteiger partial charge in [-0.1, -0.05) is 47.8 Å². The van der Waals surface area contributed by atoms with E-state index in [0.717, 1.165) is 6.42 Å². The molecule has 0 bridgehead atoms. The molecule has 2 heterocycles. The minimum Gasteiger partial charge on any atom is -0.378 e. The summed E-state index contributed by atoms with van der Waals surface area (Å²) in [6.07, 6.45) is 2.65. The predicted octanol–water partition coefficient (Wildman–Crippen LogP) is 2.26. The summed E-state index contributed by atoms with van der Waals surface area (Å²) in [4.78, 5) is 12.5. The molecule has 0 aliphatic rings. The maximum absolute atomic E-state index is 12.5. The van der Waals surface area contributed by atoms with Gasteiger partial charge in [-0.3, -0.25) is 4.79 Å². The summed E-state index contributed by atoms with van der Waals surface area (Å²) in [5, 5.41) is 19.8. The van der Waals surface area contributed by atoms with E-state index in [4.69, 9.17) is 28.9 Å². The number of amides is 1. The maximum Gasteiger partial charge on any atom is 0.293 e. The highest BCUT2D eigenvalue weighted by Gasteiger charge is 2.23. The fraction of sp³-hybridized carbons (Fsp3) is 0.200.